The van der Waals surface area contributed by atoms with Crippen molar-refractivity contribution < 1.29 is 15.6 Å². The number of hydrogen-bond acceptors (Lipinski definition) is 0. The summed E-state index contributed by atoms with van der Waals surface area (Å²) in [5.41, 5.74) is 18.8. The van der Waals surface area contributed by atoms with Crippen LogP contribution in [0.25, 0.3) is 143 Å². The molecule has 2 atom stereocenters. The number of halogens is 2. The van der Waals surface area contributed by atoms with Crippen LogP contribution in [-0.4, -0.2) is 5.92 Å². The molecule has 4 aliphatic carbocycles. The van der Waals surface area contributed by atoms with Crippen LogP contribution in [0.2, 0.25) is 13.1 Å². The molecule has 0 radical (unpaired) electrons. The van der Waals surface area contributed by atoms with Gasteiger partial charge in [-0.2, -0.15) is 0 Å². The summed E-state index contributed by atoms with van der Waals surface area (Å²) in [5.74, 6) is -1.16. The Morgan fingerprint density at radius 2 is 0.543 bits per heavy atom. The van der Waals surface area contributed by atoms with E-state index in [1.54, 1.807) is 0 Å². The van der Waals surface area contributed by atoms with E-state index < -0.39 is 21.5 Å². The topological polar surface area (TPSA) is 0 Å². The molecule has 0 heterocycles. The van der Waals surface area contributed by atoms with Gasteiger partial charge in [-0.15, -0.1) is 0 Å². The van der Waals surface area contributed by atoms with Crippen LogP contribution in [0.1, 0.15) is 107 Å². The summed E-state index contributed by atoms with van der Waals surface area (Å²) in [6.45, 7) is 5.25. The van der Waals surface area contributed by atoms with Gasteiger partial charge in [0, 0.05) is 0 Å². The normalized spacial score (nSPS) is 17.6. The van der Waals surface area contributed by atoms with Gasteiger partial charge >= 0.3 is 567 Å². The molecule has 14 aromatic carbocycles. The van der Waals surface area contributed by atoms with Crippen molar-refractivity contribution in [2.45, 2.75) is 97.4 Å². The third-order valence-corrected chi connectivity index (χ3v) is 75.2. The third-order valence-electron chi connectivity index (χ3n) is 23.4. The molecule has 0 saturated heterocycles. The summed E-state index contributed by atoms with van der Waals surface area (Å²) >= 11 is -6.00. The van der Waals surface area contributed by atoms with Crippen LogP contribution >= 0.6 is 17.0 Å². The number of hydrogen-bond donors (Lipinski definition) is 0. The molecule has 94 heavy (non-hydrogen) atoms. The molecule has 0 aliphatic heterocycles. The van der Waals surface area contributed by atoms with Crippen molar-refractivity contribution in [3.8, 4) is 44.5 Å². The van der Waals surface area contributed by atoms with Crippen LogP contribution < -0.4 is 0 Å². The van der Waals surface area contributed by atoms with Crippen molar-refractivity contribution >= 4 is 121 Å². The molecule has 0 N–H and O–H groups in total. The summed E-state index contributed by atoms with van der Waals surface area (Å²) in [7, 11) is 20.7. The first-order valence-corrected chi connectivity index (χ1v) is 51.4. The average Bonchev–Trinajstić information content (AvgIpc) is 1.44. The quantitative estimate of drug-likeness (QED) is 0.0894. The summed E-state index contributed by atoms with van der Waals surface area (Å²) in [6.07, 6.45) is 20.1. The molecule has 0 nitrogen and oxygen atoms in total. The third kappa shape index (κ3) is 9.34. The predicted octanol–water partition coefficient (Wildman–Crippen LogP) is 27.1. The van der Waals surface area contributed by atoms with Gasteiger partial charge in [-0.25, -0.2) is 0 Å². The molecule has 4 heteroatoms. The first kappa shape index (κ1) is 58.9. The minimum atomic E-state index is -6.00. The zero-order valence-corrected chi connectivity index (χ0v) is 59.0. The number of benzene rings is 14. The van der Waals surface area contributed by atoms with Gasteiger partial charge in [0.05, 0.1) is 0 Å². The Balaban J connectivity index is 1.01. The Morgan fingerprint density at radius 3 is 0.798 bits per heavy atom. The Bertz CT molecular complexity index is 4970. The van der Waals surface area contributed by atoms with E-state index in [4.69, 9.17) is 0 Å². The van der Waals surface area contributed by atoms with Crippen LogP contribution in [0.15, 0.2) is 254 Å². The van der Waals surface area contributed by atoms with Crippen LogP contribution in [0, 0.1) is 11.8 Å². The molecule has 2 saturated carbocycles. The van der Waals surface area contributed by atoms with Gasteiger partial charge in [0.2, 0.25) is 0 Å². The second kappa shape index (κ2) is 23.3. The van der Waals surface area contributed by atoms with E-state index in [1.807, 2.05) is 0 Å². The minimum absolute atomic E-state index is 0.188. The molecule has 18 rings (SSSR count). The summed E-state index contributed by atoms with van der Waals surface area (Å²) in [4.78, 5) is 0. The van der Waals surface area contributed by atoms with Gasteiger partial charge in [0.15, 0.2) is 0 Å². The van der Waals surface area contributed by atoms with Crippen molar-refractivity contribution in [1.82, 2.24) is 0 Å². The van der Waals surface area contributed by atoms with E-state index in [-0.39, 0.29) is 7.25 Å². The fourth-order valence-electron chi connectivity index (χ4n) is 19.1. The van der Waals surface area contributed by atoms with Crippen LogP contribution in [0.3, 0.4) is 0 Å². The molecule has 0 bridgehead atoms. The van der Waals surface area contributed by atoms with E-state index in [2.05, 4.69) is 268 Å². The molecule has 459 valence electrons. The predicted molar refractivity (Wildman–Crippen MR) is 409 cm³/mol. The Hall–Kier alpha value is -7.68. The average molecular weight is 1350 g/mol. The Kier molecular flexibility index (Phi) is 14.6. The molecular weight excluding hydrogens is 1270 g/mol. The summed E-state index contributed by atoms with van der Waals surface area (Å²) in [5, 5.41) is 20.2. The van der Waals surface area contributed by atoms with Crippen molar-refractivity contribution in [2.75, 3.05) is 0 Å². The molecule has 14 aromatic rings. The molecule has 2 fully saturated rings. The number of fused-ring (bicyclic) bond motifs is 10. The molecule has 4 aliphatic rings. The maximum atomic E-state index is 10.3. The van der Waals surface area contributed by atoms with Gasteiger partial charge in [-0.3, -0.25) is 0 Å². The van der Waals surface area contributed by atoms with Crippen LogP contribution in [0.5, 0.6) is 0 Å². The number of rotatable bonds is 11. The van der Waals surface area contributed by atoms with E-state index in [9.17, 15) is 17.0 Å². The van der Waals surface area contributed by atoms with Crippen molar-refractivity contribution in [1.29, 1.82) is 0 Å². The Labute approximate surface area is 561 Å². The second-order valence-corrected chi connectivity index (χ2v) is 71.4. The van der Waals surface area contributed by atoms with Crippen LogP contribution in [-0.2, 0) is 15.6 Å². The SMILES string of the molecule is C[SiH](C)[Zr]([Cl])([Cl])([CH]1C(CC2CCCCC2)=Cc2c(-c3c4ccccc4cc4ccccc34)ccc(-c3c4ccccc4cc4ccccc34)c21)[CH]1C(CC2CCCCC2)=Cc2c(-c3c4ccccc4cc4ccccc34)ccc(-c3c4ccccc4cc4ccccc34)c21. The fraction of sp³-hybridized carbons (Fsp3) is 0.200. The van der Waals surface area contributed by atoms with Crippen LogP contribution in [0.4, 0.5) is 0 Å². The van der Waals surface area contributed by atoms with Gasteiger partial charge in [-0.1, -0.05) is 0 Å². The molecule has 2 unspecified atom stereocenters. The maximum absolute atomic E-state index is 10.3. The van der Waals surface area contributed by atoms with E-state index >= 15 is 0 Å². The van der Waals surface area contributed by atoms with E-state index in [0.29, 0.717) is 11.8 Å². The zero-order valence-electron chi connectivity index (χ0n) is 53.9. The standard InChI is InChI=1S/2C44H35.C2H7Si.2ClH.Zr/c2*1-2-12-29(13-3-1)24-30-25-41-39(43-35-18-8-4-14-31(35)27-32-15-5-9-19-36(32)43)22-23-40(42(41)26-30)44-37-20-10-6-16-33(37)28-34-17-7-11-21-38(34)44;1-3-2;;;/h2*4-11,14-23,25-29H,1-3,12-13,24H2;3H,1-2H3;2*1H;/q;;;;;+2/p-2. The fourth-order valence-corrected chi connectivity index (χ4v) is 50.2. The van der Waals surface area contributed by atoms with Gasteiger partial charge in [0.1, 0.15) is 0 Å². The molecule has 0 amide bonds. The number of allylic oxidation sites excluding steroid dienone is 2. The molecular formula is C90H77Cl2SiZr. The van der Waals surface area contributed by atoms with Crippen molar-refractivity contribution in [3.05, 3.63) is 276 Å². The summed E-state index contributed by atoms with van der Waals surface area (Å²) < 4.78 is -0.376. The monoisotopic (exact) mass is 1350 g/mol. The Morgan fingerprint density at radius 1 is 0.309 bits per heavy atom. The van der Waals surface area contributed by atoms with Gasteiger partial charge in [-0.05, 0) is 0 Å². The van der Waals surface area contributed by atoms with Gasteiger partial charge < -0.3 is 0 Å². The second-order valence-electron chi connectivity index (χ2n) is 28.9. The van der Waals surface area contributed by atoms with Crippen molar-refractivity contribution in [3.63, 3.8) is 0 Å². The molecule has 0 spiro atoms. The first-order valence-electron chi connectivity index (χ1n) is 35.1. The van der Waals surface area contributed by atoms with Gasteiger partial charge in [0.25, 0.3) is 0 Å². The summed E-state index contributed by atoms with van der Waals surface area (Å²) in [6, 6.07) is 93.1. The van der Waals surface area contributed by atoms with Crippen molar-refractivity contribution in [2.24, 2.45) is 11.8 Å². The molecule has 0 aromatic heterocycles. The zero-order chi connectivity index (χ0) is 62.8. The van der Waals surface area contributed by atoms with E-state index in [0.717, 1.165) is 12.8 Å². The first-order chi connectivity index (χ1) is 46.2. The van der Waals surface area contributed by atoms with E-state index in [1.165, 1.54) is 228 Å².